The van der Waals surface area contributed by atoms with Gasteiger partial charge in [0, 0.05) is 10.6 Å². The molecule has 1 aromatic heterocycles. The van der Waals surface area contributed by atoms with E-state index in [0.717, 1.165) is 22.5 Å². The molecule has 164 valence electrons. The number of hydrogen-bond acceptors (Lipinski definition) is 7. The van der Waals surface area contributed by atoms with E-state index >= 15 is 0 Å². The molecule has 0 aliphatic carbocycles. The van der Waals surface area contributed by atoms with Crippen molar-refractivity contribution in [2.75, 3.05) is 29.0 Å². The van der Waals surface area contributed by atoms with Gasteiger partial charge in [0.25, 0.3) is 0 Å². The highest BCUT2D eigenvalue weighted by molar-refractivity contribution is 7.92. The van der Waals surface area contributed by atoms with Gasteiger partial charge in [-0.15, -0.1) is 10.2 Å². The van der Waals surface area contributed by atoms with E-state index in [0.29, 0.717) is 28.1 Å². The minimum Gasteiger partial charge on any atom is -0.494 e. The van der Waals surface area contributed by atoms with E-state index in [1.165, 1.54) is 11.3 Å². The average molecular weight is 481 g/mol. The third-order valence-electron chi connectivity index (χ3n) is 4.05. The van der Waals surface area contributed by atoms with Crippen LogP contribution in [-0.4, -0.2) is 43.9 Å². The lowest BCUT2D eigenvalue weighted by Crippen LogP contribution is -2.37. The van der Waals surface area contributed by atoms with Crippen LogP contribution in [0, 0.1) is 0 Å². The Morgan fingerprint density at radius 3 is 2.42 bits per heavy atom. The van der Waals surface area contributed by atoms with Gasteiger partial charge in [-0.1, -0.05) is 42.0 Å². The van der Waals surface area contributed by atoms with Gasteiger partial charge in [0.2, 0.25) is 21.1 Å². The fourth-order valence-electron chi connectivity index (χ4n) is 2.60. The SMILES string of the molecule is CCCOc1ccc(N(CC(=O)Nc2nnc(-c3ccc(Cl)cc3)s2)S(C)(=O)=O)cc1. The largest absolute Gasteiger partial charge is 0.494 e. The minimum absolute atomic E-state index is 0.270. The summed E-state index contributed by atoms with van der Waals surface area (Å²) in [4.78, 5) is 12.5. The number of aromatic nitrogens is 2. The van der Waals surface area contributed by atoms with Crippen LogP contribution >= 0.6 is 22.9 Å². The van der Waals surface area contributed by atoms with Crippen LogP contribution in [0.3, 0.4) is 0 Å². The summed E-state index contributed by atoms with van der Waals surface area (Å²) in [5.41, 5.74) is 1.17. The Bertz CT molecular complexity index is 1130. The minimum atomic E-state index is -3.69. The lowest BCUT2D eigenvalue weighted by atomic mass is 10.2. The molecule has 0 unspecified atom stereocenters. The van der Waals surface area contributed by atoms with E-state index in [2.05, 4.69) is 15.5 Å². The van der Waals surface area contributed by atoms with Gasteiger partial charge in [0.15, 0.2) is 0 Å². The van der Waals surface area contributed by atoms with Crippen molar-refractivity contribution >= 4 is 49.7 Å². The van der Waals surface area contributed by atoms with Crippen LogP contribution in [0.4, 0.5) is 10.8 Å². The summed E-state index contributed by atoms with van der Waals surface area (Å²) in [5, 5.41) is 12.1. The van der Waals surface area contributed by atoms with Crippen LogP contribution in [0.5, 0.6) is 5.75 Å². The van der Waals surface area contributed by atoms with Crippen molar-refractivity contribution < 1.29 is 17.9 Å². The molecule has 11 heteroatoms. The van der Waals surface area contributed by atoms with Crippen LogP contribution < -0.4 is 14.4 Å². The Labute approximate surface area is 189 Å². The van der Waals surface area contributed by atoms with Gasteiger partial charge in [-0.05, 0) is 42.8 Å². The van der Waals surface area contributed by atoms with E-state index in [9.17, 15) is 13.2 Å². The Balaban J connectivity index is 1.70. The Kier molecular flexibility index (Phi) is 7.47. The number of rotatable bonds is 9. The van der Waals surface area contributed by atoms with Crippen molar-refractivity contribution in [1.82, 2.24) is 10.2 Å². The topological polar surface area (TPSA) is 101 Å². The highest BCUT2D eigenvalue weighted by atomic mass is 35.5. The molecule has 0 saturated carbocycles. The summed E-state index contributed by atoms with van der Waals surface area (Å²) in [5.74, 6) is 0.0997. The second-order valence-electron chi connectivity index (χ2n) is 6.58. The zero-order chi connectivity index (χ0) is 22.4. The highest BCUT2D eigenvalue weighted by Gasteiger charge is 2.22. The van der Waals surface area contributed by atoms with Crippen molar-refractivity contribution in [1.29, 1.82) is 0 Å². The summed E-state index contributed by atoms with van der Waals surface area (Å²) in [6.45, 7) is 2.16. The number of nitrogens with zero attached hydrogens (tertiary/aromatic N) is 3. The van der Waals surface area contributed by atoms with Crippen molar-refractivity contribution in [3.05, 3.63) is 53.6 Å². The lowest BCUT2D eigenvalue weighted by Gasteiger charge is -2.21. The second-order valence-corrected chi connectivity index (χ2v) is 9.90. The number of amides is 1. The molecule has 0 radical (unpaired) electrons. The highest BCUT2D eigenvalue weighted by Crippen LogP contribution is 2.27. The second kappa shape index (κ2) is 10.1. The van der Waals surface area contributed by atoms with E-state index in [4.69, 9.17) is 16.3 Å². The van der Waals surface area contributed by atoms with Crippen LogP contribution in [0.2, 0.25) is 5.02 Å². The molecule has 0 saturated heterocycles. The fourth-order valence-corrected chi connectivity index (χ4v) is 4.35. The predicted octanol–water partition coefficient (Wildman–Crippen LogP) is 4.05. The monoisotopic (exact) mass is 480 g/mol. The maximum atomic E-state index is 12.5. The molecule has 2 aromatic carbocycles. The molecule has 3 aromatic rings. The van der Waals surface area contributed by atoms with Gasteiger partial charge >= 0.3 is 0 Å². The molecule has 0 aliphatic rings. The molecule has 0 fully saturated rings. The van der Waals surface area contributed by atoms with E-state index in [1.54, 1.807) is 48.5 Å². The van der Waals surface area contributed by atoms with Crippen LogP contribution in [-0.2, 0) is 14.8 Å². The van der Waals surface area contributed by atoms with Crippen LogP contribution in [0.25, 0.3) is 10.6 Å². The normalized spacial score (nSPS) is 11.2. The predicted molar refractivity (Wildman–Crippen MR) is 123 cm³/mol. The molecule has 1 N–H and O–H groups in total. The summed E-state index contributed by atoms with van der Waals surface area (Å²) in [7, 11) is -3.69. The molecule has 3 rings (SSSR count). The third kappa shape index (κ3) is 6.39. The number of hydrogen-bond donors (Lipinski definition) is 1. The number of carbonyl (C=O) groups is 1. The first kappa shape index (κ1) is 23.0. The number of nitrogens with one attached hydrogen (secondary N) is 1. The van der Waals surface area contributed by atoms with E-state index in [-0.39, 0.29) is 5.13 Å². The molecule has 1 amide bonds. The molecule has 1 heterocycles. The smallest absolute Gasteiger partial charge is 0.246 e. The molecule has 0 spiro atoms. The van der Waals surface area contributed by atoms with Crippen molar-refractivity contribution in [2.24, 2.45) is 0 Å². The molecular weight excluding hydrogens is 460 g/mol. The van der Waals surface area contributed by atoms with E-state index in [1.807, 2.05) is 6.92 Å². The first-order valence-electron chi connectivity index (χ1n) is 9.36. The number of carbonyl (C=O) groups excluding carboxylic acids is 1. The third-order valence-corrected chi connectivity index (χ3v) is 6.33. The number of ether oxygens (including phenoxy) is 1. The van der Waals surface area contributed by atoms with E-state index < -0.39 is 22.5 Å². The number of halogens is 1. The lowest BCUT2D eigenvalue weighted by molar-refractivity contribution is -0.114. The quantitative estimate of drug-likeness (QED) is 0.495. The number of benzene rings is 2. The molecule has 8 nitrogen and oxygen atoms in total. The average Bonchev–Trinajstić information content (AvgIpc) is 3.19. The van der Waals surface area contributed by atoms with Gasteiger partial charge < -0.3 is 4.74 Å². The fraction of sp³-hybridized carbons (Fsp3) is 0.250. The maximum absolute atomic E-state index is 12.5. The van der Waals surface area contributed by atoms with Gasteiger partial charge in [0.1, 0.15) is 17.3 Å². The standard InChI is InChI=1S/C20H21ClN4O4S2/c1-3-12-29-17-10-8-16(9-11-17)25(31(2,27)28)13-18(26)22-20-24-23-19(30-20)14-4-6-15(21)7-5-14/h4-11H,3,12-13H2,1-2H3,(H,22,24,26). The summed E-state index contributed by atoms with van der Waals surface area (Å²) < 4.78 is 31.1. The van der Waals surface area contributed by atoms with Crippen LogP contribution in [0.1, 0.15) is 13.3 Å². The first-order valence-corrected chi connectivity index (χ1v) is 12.4. The molecule has 0 bridgehead atoms. The Morgan fingerprint density at radius 2 is 1.81 bits per heavy atom. The molecule has 0 aliphatic heterocycles. The summed E-state index contributed by atoms with van der Waals surface area (Å²) in [6, 6.07) is 13.6. The molecule has 0 atom stereocenters. The number of anilines is 2. The van der Waals surface area contributed by atoms with Gasteiger partial charge in [0.05, 0.1) is 18.6 Å². The van der Waals surface area contributed by atoms with Gasteiger partial charge in [-0.3, -0.25) is 14.4 Å². The molecule has 31 heavy (non-hydrogen) atoms. The molecular formula is C20H21ClN4O4S2. The Morgan fingerprint density at radius 1 is 1.13 bits per heavy atom. The van der Waals surface area contributed by atoms with Gasteiger partial charge in [-0.25, -0.2) is 8.42 Å². The maximum Gasteiger partial charge on any atom is 0.246 e. The Hall–Kier alpha value is -2.69. The van der Waals surface area contributed by atoms with Crippen molar-refractivity contribution in [2.45, 2.75) is 13.3 Å². The van der Waals surface area contributed by atoms with Crippen LogP contribution in [0.15, 0.2) is 48.5 Å². The first-order chi connectivity index (χ1) is 14.8. The van der Waals surface area contributed by atoms with Crippen molar-refractivity contribution in [3.63, 3.8) is 0 Å². The number of sulfonamides is 1. The van der Waals surface area contributed by atoms with Gasteiger partial charge in [-0.2, -0.15) is 0 Å². The van der Waals surface area contributed by atoms with Crippen molar-refractivity contribution in [3.8, 4) is 16.3 Å². The summed E-state index contributed by atoms with van der Waals surface area (Å²) in [6.07, 6.45) is 1.91. The zero-order valence-electron chi connectivity index (χ0n) is 16.9. The zero-order valence-corrected chi connectivity index (χ0v) is 19.3. The summed E-state index contributed by atoms with van der Waals surface area (Å²) >= 11 is 7.07.